The van der Waals surface area contributed by atoms with Crippen LogP contribution in [0.4, 0.5) is 16.2 Å². The summed E-state index contributed by atoms with van der Waals surface area (Å²) in [6, 6.07) is 7.73. The molecule has 2 aromatic heterocycles. The van der Waals surface area contributed by atoms with E-state index in [-0.39, 0.29) is 5.82 Å². The van der Waals surface area contributed by atoms with Gasteiger partial charge in [-0.05, 0) is 63.3 Å². The van der Waals surface area contributed by atoms with Crippen molar-refractivity contribution in [2.75, 3.05) is 29.4 Å². The molecule has 32 heavy (non-hydrogen) atoms. The molecule has 2 aliphatic rings. The first kappa shape index (κ1) is 20.9. The van der Waals surface area contributed by atoms with Crippen LogP contribution in [0, 0.1) is 12.7 Å². The minimum Gasteiger partial charge on any atom is -0.356 e. The number of aryl methyl sites for hydroxylation is 2. The van der Waals surface area contributed by atoms with Gasteiger partial charge in [0.1, 0.15) is 17.5 Å². The van der Waals surface area contributed by atoms with E-state index in [1.165, 1.54) is 11.9 Å². The summed E-state index contributed by atoms with van der Waals surface area (Å²) in [5.74, 6) is 3.21. The molecule has 0 amide bonds. The number of benzene rings is 1. The fourth-order valence-corrected chi connectivity index (χ4v) is 5.03. The largest absolute Gasteiger partial charge is 0.356 e. The number of hydrogen-bond donors (Lipinski definition) is 0. The Hall–Kier alpha value is -2.96. The van der Waals surface area contributed by atoms with Gasteiger partial charge in [0.2, 0.25) is 5.95 Å². The van der Waals surface area contributed by atoms with Crippen LogP contribution in [0.15, 0.2) is 36.7 Å². The van der Waals surface area contributed by atoms with Crippen molar-refractivity contribution in [3.63, 3.8) is 0 Å². The molecule has 0 N–H and O–H groups in total. The van der Waals surface area contributed by atoms with Gasteiger partial charge in [-0.1, -0.05) is 0 Å². The maximum Gasteiger partial charge on any atom is 0.228 e. The van der Waals surface area contributed by atoms with Crippen LogP contribution in [-0.4, -0.2) is 45.2 Å². The molecule has 4 heterocycles. The van der Waals surface area contributed by atoms with Crippen LogP contribution < -0.4 is 9.80 Å². The molecule has 3 aromatic rings. The summed E-state index contributed by atoms with van der Waals surface area (Å²) in [5, 5.41) is 0. The van der Waals surface area contributed by atoms with Crippen molar-refractivity contribution in [3.8, 4) is 11.3 Å². The van der Waals surface area contributed by atoms with Crippen LogP contribution in [-0.2, 0) is 7.05 Å². The summed E-state index contributed by atoms with van der Waals surface area (Å²) in [5.41, 5.74) is 2.43. The molecule has 0 spiro atoms. The van der Waals surface area contributed by atoms with Gasteiger partial charge in [0.05, 0.1) is 5.69 Å². The number of nitrogens with zero attached hydrogens (tertiary/aromatic N) is 6. The summed E-state index contributed by atoms with van der Waals surface area (Å²) in [4.78, 5) is 19.2. The molecule has 1 atom stereocenters. The topological polar surface area (TPSA) is 50.1 Å². The maximum atomic E-state index is 13.9. The minimum atomic E-state index is -0.187. The molecule has 2 saturated heterocycles. The average Bonchev–Trinajstić information content (AvgIpc) is 3.43. The van der Waals surface area contributed by atoms with Gasteiger partial charge in [0.15, 0.2) is 0 Å². The number of rotatable bonds is 4. The molecule has 2 fully saturated rings. The van der Waals surface area contributed by atoms with E-state index in [1.807, 2.05) is 24.5 Å². The molecule has 5 rings (SSSR count). The molecule has 0 bridgehead atoms. The summed E-state index contributed by atoms with van der Waals surface area (Å²) in [6.07, 6.45) is 8.33. The molecular formula is C25H31FN6. The maximum absolute atomic E-state index is 13.9. The Kier molecular flexibility index (Phi) is 5.57. The third kappa shape index (κ3) is 3.96. The predicted octanol–water partition coefficient (Wildman–Crippen LogP) is 4.70. The second-order valence-corrected chi connectivity index (χ2v) is 9.22. The van der Waals surface area contributed by atoms with E-state index < -0.39 is 0 Å². The van der Waals surface area contributed by atoms with Crippen molar-refractivity contribution < 1.29 is 4.39 Å². The van der Waals surface area contributed by atoms with Crippen LogP contribution in [0.2, 0.25) is 0 Å². The molecule has 168 valence electrons. The molecule has 1 aromatic carbocycles. The first-order valence-corrected chi connectivity index (χ1v) is 11.6. The Morgan fingerprint density at radius 2 is 1.84 bits per heavy atom. The van der Waals surface area contributed by atoms with Crippen molar-refractivity contribution in [2.24, 2.45) is 7.05 Å². The normalized spacial score (nSPS) is 19.7. The monoisotopic (exact) mass is 434 g/mol. The molecule has 0 saturated carbocycles. The molecule has 0 aliphatic carbocycles. The van der Waals surface area contributed by atoms with E-state index in [9.17, 15) is 4.39 Å². The lowest BCUT2D eigenvalue weighted by atomic mass is 9.96. The predicted molar refractivity (Wildman–Crippen MR) is 126 cm³/mol. The molecule has 6 nitrogen and oxygen atoms in total. The highest BCUT2D eigenvalue weighted by Crippen LogP contribution is 2.33. The summed E-state index contributed by atoms with van der Waals surface area (Å²) in [6.45, 7) is 6.89. The van der Waals surface area contributed by atoms with Crippen molar-refractivity contribution in [1.82, 2.24) is 19.5 Å². The lowest BCUT2D eigenvalue weighted by Crippen LogP contribution is -2.35. The first-order valence-electron chi connectivity index (χ1n) is 11.6. The molecule has 0 radical (unpaired) electrons. The average molecular weight is 435 g/mol. The van der Waals surface area contributed by atoms with Crippen molar-refractivity contribution in [2.45, 2.75) is 51.5 Å². The van der Waals surface area contributed by atoms with E-state index in [1.54, 1.807) is 6.92 Å². The van der Waals surface area contributed by atoms with Gasteiger partial charge in [0, 0.05) is 62.7 Å². The number of aromatic nitrogens is 4. The second-order valence-electron chi connectivity index (χ2n) is 9.22. The van der Waals surface area contributed by atoms with E-state index >= 15 is 0 Å². The van der Waals surface area contributed by atoms with Crippen LogP contribution in [0.25, 0.3) is 11.3 Å². The highest BCUT2D eigenvalue weighted by Gasteiger charge is 2.27. The number of anilines is 2. The number of halogens is 1. The van der Waals surface area contributed by atoms with Crippen LogP contribution in [0.1, 0.15) is 49.9 Å². The van der Waals surface area contributed by atoms with Gasteiger partial charge in [-0.15, -0.1) is 0 Å². The highest BCUT2D eigenvalue weighted by atomic mass is 19.1. The Bertz CT molecular complexity index is 1100. The Labute approximate surface area is 189 Å². The standard InChI is InChI=1S/C25H31FN6/c1-17-15-20(6-7-21(17)26)22-16-23(29-25(28-22)32-11-4-5-18(32)2)31-12-8-19(9-13-31)24-27-10-14-30(24)3/h6-7,10,14-16,18-19H,4-5,8-9,11-13H2,1-3H3. The number of hydrogen-bond acceptors (Lipinski definition) is 5. The minimum absolute atomic E-state index is 0.187. The highest BCUT2D eigenvalue weighted by molar-refractivity contribution is 5.66. The zero-order valence-electron chi connectivity index (χ0n) is 19.1. The summed E-state index contributed by atoms with van der Waals surface area (Å²) >= 11 is 0. The molecule has 7 heteroatoms. The van der Waals surface area contributed by atoms with Crippen LogP contribution in [0.3, 0.4) is 0 Å². The van der Waals surface area contributed by atoms with E-state index in [4.69, 9.17) is 9.97 Å². The van der Waals surface area contributed by atoms with Gasteiger partial charge < -0.3 is 14.4 Å². The Morgan fingerprint density at radius 1 is 1.03 bits per heavy atom. The van der Waals surface area contributed by atoms with Gasteiger partial charge >= 0.3 is 0 Å². The van der Waals surface area contributed by atoms with Crippen LogP contribution in [0.5, 0.6) is 0 Å². The fourth-order valence-electron chi connectivity index (χ4n) is 5.03. The lowest BCUT2D eigenvalue weighted by molar-refractivity contribution is 0.473. The van der Waals surface area contributed by atoms with Crippen molar-refractivity contribution in [3.05, 3.63) is 53.9 Å². The number of imidazole rings is 1. The Balaban J connectivity index is 1.46. The molecule has 2 aliphatic heterocycles. The third-order valence-corrected chi connectivity index (χ3v) is 7.01. The van der Waals surface area contributed by atoms with Gasteiger partial charge in [-0.3, -0.25) is 0 Å². The van der Waals surface area contributed by atoms with E-state index in [0.29, 0.717) is 17.5 Å². The lowest BCUT2D eigenvalue weighted by Gasteiger charge is -2.33. The zero-order valence-corrected chi connectivity index (χ0v) is 19.1. The second kappa shape index (κ2) is 8.52. The summed E-state index contributed by atoms with van der Waals surface area (Å²) in [7, 11) is 2.07. The first-order chi connectivity index (χ1) is 15.5. The van der Waals surface area contributed by atoms with Gasteiger partial charge in [0.25, 0.3) is 0 Å². The van der Waals surface area contributed by atoms with E-state index in [2.05, 4.69) is 39.4 Å². The van der Waals surface area contributed by atoms with Crippen LogP contribution >= 0.6 is 0 Å². The zero-order chi connectivity index (χ0) is 22.2. The molecule has 1 unspecified atom stereocenters. The van der Waals surface area contributed by atoms with Crippen molar-refractivity contribution >= 4 is 11.8 Å². The quantitative estimate of drug-likeness (QED) is 0.596. The van der Waals surface area contributed by atoms with Gasteiger partial charge in [-0.2, -0.15) is 4.98 Å². The summed E-state index contributed by atoms with van der Waals surface area (Å²) < 4.78 is 16.0. The van der Waals surface area contributed by atoms with E-state index in [0.717, 1.165) is 68.3 Å². The SMILES string of the molecule is Cc1cc(-c2cc(N3CCC(c4nccn4C)CC3)nc(N3CCCC3C)n2)ccc1F. The van der Waals surface area contributed by atoms with Gasteiger partial charge in [-0.25, -0.2) is 14.4 Å². The fraction of sp³-hybridized carbons (Fsp3) is 0.480. The third-order valence-electron chi connectivity index (χ3n) is 7.01. The smallest absolute Gasteiger partial charge is 0.228 e. The van der Waals surface area contributed by atoms with Crippen molar-refractivity contribution in [1.29, 1.82) is 0 Å². The Morgan fingerprint density at radius 3 is 2.50 bits per heavy atom. The number of piperidine rings is 1. The molecular weight excluding hydrogens is 403 g/mol.